The average Bonchev–Trinajstić information content (AvgIpc) is 2.74. The van der Waals surface area contributed by atoms with Gasteiger partial charge in [-0.25, -0.2) is 4.98 Å². The third-order valence-corrected chi connectivity index (χ3v) is 5.91. The number of benzene rings is 1. The summed E-state index contributed by atoms with van der Waals surface area (Å²) in [5.41, 5.74) is 3.76. The van der Waals surface area contributed by atoms with E-state index >= 15 is 0 Å². The molecule has 1 atom stereocenters. The number of amides is 1. The summed E-state index contributed by atoms with van der Waals surface area (Å²) in [7, 11) is 1.61. The minimum atomic E-state index is -0.435. The molecular formula is C23H22BrN3O3. The van der Waals surface area contributed by atoms with E-state index in [1.807, 2.05) is 37.3 Å². The summed E-state index contributed by atoms with van der Waals surface area (Å²) in [4.78, 5) is 30.5. The van der Waals surface area contributed by atoms with Gasteiger partial charge in [0.05, 0.1) is 7.11 Å². The molecule has 0 radical (unpaired) electrons. The normalized spacial score (nSPS) is 18.6. The Morgan fingerprint density at radius 3 is 2.63 bits per heavy atom. The van der Waals surface area contributed by atoms with E-state index in [4.69, 9.17) is 4.74 Å². The minimum absolute atomic E-state index is 0.0872. The number of allylic oxidation sites excluding steroid dienone is 3. The molecule has 1 aliphatic heterocycles. The van der Waals surface area contributed by atoms with Gasteiger partial charge in [0.2, 0.25) is 0 Å². The molecule has 1 aromatic carbocycles. The van der Waals surface area contributed by atoms with Crippen molar-refractivity contribution in [1.82, 2.24) is 10.3 Å². The van der Waals surface area contributed by atoms with Gasteiger partial charge in [-0.3, -0.25) is 9.59 Å². The number of pyridine rings is 1. The first-order valence-corrected chi connectivity index (χ1v) is 10.6. The fraction of sp³-hybridized carbons (Fsp3) is 0.261. The third kappa shape index (κ3) is 3.89. The first-order valence-electron chi connectivity index (χ1n) is 9.79. The van der Waals surface area contributed by atoms with Crippen molar-refractivity contribution in [3.8, 4) is 5.75 Å². The predicted octanol–water partition coefficient (Wildman–Crippen LogP) is 4.46. The van der Waals surface area contributed by atoms with Crippen LogP contribution in [0.1, 0.15) is 37.7 Å². The van der Waals surface area contributed by atoms with Crippen molar-refractivity contribution in [2.45, 2.75) is 32.1 Å². The van der Waals surface area contributed by atoms with Gasteiger partial charge in [0.25, 0.3) is 5.91 Å². The number of ether oxygens (including phenoxy) is 1. The van der Waals surface area contributed by atoms with E-state index in [1.54, 1.807) is 19.4 Å². The van der Waals surface area contributed by atoms with Crippen LogP contribution in [0.5, 0.6) is 5.75 Å². The predicted molar refractivity (Wildman–Crippen MR) is 118 cm³/mol. The van der Waals surface area contributed by atoms with E-state index in [0.29, 0.717) is 23.4 Å². The Morgan fingerprint density at radius 2 is 1.97 bits per heavy atom. The number of carbonyl (C=O) groups is 2. The Hall–Kier alpha value is -2.93. The fourth-order valence-corrected chi connectivity index (χ4v) is 4.28. The van der Waals surface area contributed by atoms with Crippen molar-refractivity contribution in [1.29, 1.82) is 0 Å². The number of hydrogen-bond donors (Lipinski definition) is 2. The lowest BCUT2D eigenvalue weighted by atomic mass is 9.75. The fourth-order valence-electron chi connectivity index (χ4n) is 4.05. The smallest absolute Gasteiger partial charge is 0.255 e. The quantitative estimate of drug-likeness (QED) is 0.693. The zero-order chi connectivity index (χ0) is 21.3. The first kappa shape index (κ1) is 20.3. The van der Waals surface area contributed by atoms with Crippen molar-refractivity contribution in [2.24, 2.45) is 0 Å². The van der Waals surface area contributed by atoms with E-state index in [1.165, 1.54) is 0 Å². The van der Waals surface area contributed by atoms with Crippen LogP contribution in [-0.4, -0.2) is 23.8 Å². The SMILES string of the molecule is COc1ccc([C@@H]2C(C(=O)Nc3ccc(Br)cn3)=C(C)NC3=C2C(=O)CCC3)cc1. The van der Waals surface area contributed by atoms with Crippen molar-refractivity contribution >= 4 is 33.4 Å². The zero-order valence-electron chi connectivity index (χ0n) is 16.8. The van der Waals surface area contributed by atoms with Crippen LogP contribution in [0.2, 0.25) is 0 Å². The second-order valence-corrected chi connectivity index (χ2v) is 8.27. The summed E-state index contributed by atoms with van der Waals surface area (Å²) in [5.74, 6) is 0.550. The van der Waals surface area contributed by atoms with Crippen molar-refractivity contribution in [3.63, 3.8) is 0 Å². The van der Waals surface area contributed by atoms with Crippen LogP contribution in [0.3, 0.4) is 0 Å². The molecule has 1 aromatic heterocycles. The highest BCUT2D eigenvalue weighted by atomic mass is 79.9. The molecule has 30 heavy (non-hydrogen) atoms. The maximum atomic E-state index is 13.3. The zero-order valence-corrected chi connectivity index (χ0v) is 18.4. The molecule has 0 saturated carbocycles. The van der Waals surface area contributed by atoms with Crippen molar-refractivity contribution in [2.75, 3.05) is 12.4 Å². The summed E-state index contributed by atoms with van der Waals surface area (Å²) < 4.78 is 6.10. The van der Waals surface area contributed by atoms with Crippen LogP contribution in [0, 0.1) is 0 Å². The van der Waals surface area contributed by atoms with Gasteiger partial charge in [-0.15, -0.1) is 0 Å². The number of nitrogens with zero attached hydrogens (tertiary/aromatic N) is 1. The summed E-state index contributed by atoms with van der Waals surface area (Å²) in [6, 6.07) is 11.1. The Morgan fingerprint density at radius 1 is 1.20 bits per heavy atom. The molecule has 7 heteroatoms. The number of aromatic nitrogens is 1. The number of Topliss-reactive ketones (excluding diaryl/α,β-unsaturated/α-hetero) is 1. The maximum absolute atomic E-state index is 13.3. The lowest BCUT2D eigenvalue weighted by Crippen LogP contribution is -2.35. The van der Waals surface area contributed by atoms with Gasteiger partial charge < -0.3 is 15.4 Å². The molecule has 0 unspecified atom stereocenters. The lowest BCUT2D eigenvalue weighted by molar-refractivity contribution is -0.116. The number of dihydropyridines is 1. The van der Waals surface area contributed by atoms with Crippen LogP contribution < -0.4 is 15.4 Å². The Bertz CT molecular complexity index is 1060. The van der Waals surface area contributed by atoms with Gasteiger partial charge in [0.15, 0.2) is 5.78 Å². The van der Waals surface area contributed by atoms with Crippen LogP contribution in [0.25, 0.3) is 0 Å². The number of nitrogens with one attached hydrogen (secondary N) is 2. The number of rotatable bonds is 4. The van der Waals surface area contributed by atoms with Crippen LogP contribution >= 0.6 is 15.9 Å². The largest absolute Gasteiger partial charge is 0.497 e. The molecule has 1 aliphatic carbocycles. The number of ketones is 1. The van der Waals surface area contributed by atoms with E-state index in [-0.39, 0.29) is 11.7 Å². The van der Waals surface area contributed by atoms with Gasteiger partial charge in [-0.1, -0.05) is 12.1 Å². The topological polar surface area (TPSA) is 80.3 Å². The van der Waals surface area contributed by atoms with Crippen molar-refractivity contribution < 1.29 is 14.3 Å². The maximum Gasteiger partial charge on any atom is 0.255 e. The highest BCUT2D eigenvalue weighted by Crippen LogP contribution is 2.42. The molecule has 154 valence electrons. The molecule has 0 fully saturated rings. The molecule has 2 aliphatic rings. The van der Waals surface area contributed by atoms with Crippen LogP contribution in [0.4, 0.5) is 5.82 Å². The van der Waals surface area contributed by atoms with Crippen molar-refractivity contribution in [3.05, 3.63) is 75.2 Å². The monoisotopic (exact) mass is 467 g/mol. The lowest BCUT2D eigenvalue weighted by Gasteiger charge is -2.34. The number of hydrogen-bond acceptors (Lipinski definition) is 5. The highest BCUT2D eigenvalue weighted by Gasteiger charge is 2.38. The number of methoxy groups -OCH3 is 1. The summed E-state index contributed by atoms with van der Waals surface area (Å²) in [6.45, 7) is 1.88. The molecule has 2 aromatic rings. The van der Waals surface area contributed by atoms with Gasteiger partial charge in [0.1, 0.15) is 11.6 Å². The van der Waals surface area contributed by atoms with Gasteiger partial charge in [-0.05, 0) is 65.5 Å². The first-order chi connectivity index (χ1) is 14.5. The Kier molecular flexibility index (Phi) is 5.72. The molecule has 4 rings (SSSR count). The summed E-state index contributed by atoms with van der Waals surface area (Å²) >= 11 is 3.35. The summed E-state index contributed by atoms with van der Waals surface area (Å²) in [5, 5.41) is 6.20. The number of anilines is 1. The molecule has 0 spiro atoms. The number of halogens is 1. The molecule has 2 N–H and O–H groups in total. The third-order valence-electron chi connectivity index (χ3n) is 5.44. The molecule has 6 nitrogen and oxygen atoms in total. The molecule has 0 bridgehead atoms. The van der Waals surface area contributed by atoms with E-state index in [0.717, 1.165) is 40.0 Å². The van der Waals surface area contributed by atoms with E-state index in [9.17, 15) is 9.59 Å². The van der Waals surface area contributed by atoms with Gasteiger partial charge in [-0.2, -0.15) is 0 Å². The van der Waals surface area contributed by atoms with Crippen LogP contribution in [0.15, 0.2) is 69.6 Å². The summed E-state index contributed by atoms with van der Waals surface area (Å²) in [6.07, 6.45) is 3.74. The second-order valence-electron chi connectivity index (χ2n) is 7.35. The van der Waals surface area contributed by atoms with Gasteiger partial charge in [0, 0.05) is 45.5 Å². The van der Waals surface area contributed by atoms with E-state index in [2.05, 4.69) is 31.5 Å². The molecule has 2 heterocycles. The molecule has 0 saturated heterocycles. The molecule has 1 amide bonds. The minimum Gasteiger partial charge on any atom is -0.497 e. The Labute approximate surface area is 183 Å². The van der Waals surface area contributed by atoms with Gasteiger partial charge >= 0.3 is 0 Å². The average molecular weight is 468 g/mol. The Balaban J connectivity index is 1.76. The van der Waals surface area contributed by atoms with Crippen LogP contribution in [-0.2, 0) is 9.59 Å². The highest BCUT2D eigenvalue weighted by molar-refractivity contribution is 9.10. The molecular weight excluding hydrogens is 446 g/mol. The standard InChI is InChI=1S/C23H22BrN3O3/c1-13-20(23(29)27-19-11-8-15(24)12-25-19)21(14-6-9-16(30-2)10-7-14)22-17(26-13)4-3-5-18(22)28/h6-12,21,26H,3-5H2,1-2H3,(H,25,27,29)/t21-/m1/s1. The second kappa shape index (κ2) is 8.44. The van der Waals surface area contributed by atoms with E-state index < -0.39 is 5.92 Å². The number of carbonyl (C=O) groups excluding carboxylic acids is 2.